The summed E-state index contributed by atoms with van der Waals surface area (Å²) in [4.78, 5) is 16.1. The van der Waals surface area contributed by atoms with Crippen molar-refractivity contribution in [1.29, 1.82) is 0 Å². The Kier molecular flexibility index (Phi) is 9.15. The number of nitrogens with zero attached hydrogens (tertiary/aromatic N) is 2. The molecule has 0 fully saturated rings. The molecule has 1 aromatic heterocycles. The number of amides is 1. The predicted octanol–water partition coefficient (Wildman–Crippen LogP) is 5.67. The summed E-state index contributed by atoms with van der Waals surface area (Å²) in [6.45, 7) is 4.32. The second-order valence-electron chi connectivity index (χ2n) is 9.36. The lowest BCUT2D eigenvalue weighted by Gasteiger charge is -2.37. The van der Waals surface area contributed by atoms with Crippen molar-refractivity contribution in [2.45, 2.75) is 43.8 Å². The van der Waals surface area contributed by atoms with Gasteiger partial charge in [0.25, 0.3) is 0 Å². The molecule has 0 saturated heterocycles. The number of hydrogen-bond acceptors (Lipinski definition) is 5. The van der Waals surface area contributed by atoms with Gasteiger partial charge in [-0.3, -0.25) is 4.79 Å². The summed E-state index contributed by atoms with van der Waals surface area (Å²) in [5.74, 6) is -0.413. The summed E-state index contributed by atoms with van der Waals surface area (Å²) >= 11 is 1.63. The standard InChI is InChI=1S/C28H31F3N2O4S2/c1-3-37-16-5-14-32(39(35,36)23-7-4-6-22(18-23)28(29,30)31)19-26(34)33-15-12-25-24(13-17-38-25)27(33)21-10-8-20(2)9-11-21/h4,6-11,13,17-18,27H,3,5,12,14-16,19H2,1-2H3. The number of halogens is 3. The van der Waals surface area contributed by atoms with Crippen LogP contribution in [0.4, 0.5) is 13.2 Å². The number of sulfonamides is 1. The molecule has 0 saturated carbocycles. The molecule has 1 aliphatic rings. The van der Waals surface area contributed by atoms with E-state index in [1.54, 1.807) is 23.2 Å². The van der Waals surface area contributed by atoms with Gasteiger partial charge in [-0.05, 0) is 67.5 Å². The number of hydrogen-bond donors (Lipinski definition) is 0. The molecular formula is C28H31F3N2O4S2. The molecule has 39 heavy (non-hydrogen) atoms. The van der Waals surface area contributed by atoms with Gasteiger partial charge in [0.1, 0.15) is 0 Å². The third kappa shape index (κ3) is 6.71. The summed E-state index contributed by atoms with van der Waals surface area (Å²) in [5.41, 5.74) is 1.93. The Morgan fingerprint density at radius 3 is 2.59 bits per heavy atom. The van der Waals surface area contributed by atoms with Crippen molar-refractivity contribution in [3.8, 4) is 0 Å². The van der Waals surface area contributed by atoms with Crippen LogP contribution in [0.25, 0.3) is 0 Å². The second-order valence-corrected chi connectivity index (χ2v) is 12.3. The van der Waals surface area contributed by atoms with Gasteiger partial charge < -0.3 is 9.64 Å². The van der Waals surface area contributed by atoms with Crippen molar-refractivity contribution < 1.29 is 31.1 Å². The Bertz CT molecular complexity index is 1390. The molecule has 6 nitrogen and oxygen atoms in total. The van der Waals surface area contributed by atoms with Crippen LogP contribution in [-0.4, -0.2) is 56.4 Å². The van der Waals surface area contributed by atoms with E-state index >= 15 is 0 Å². The number of benzene rings is 2. The van der Waals surface area contributed by atoms with Crippen LogP contribution in [0.3, 0.4) is 0 Å². The van der Waals surface area contributed by atoms with Crippen LogP contribution >= 0.6 is 11.3 Å². The van der Waals surface area contributed by atoms with E-state index in [2.05, 4.69) is 0 Å². The van der Waals surface area contributed by atoms with Crippen molar-refractivity contribution in [2.24, 2.45) is 0 Å². The number of aryl methyl sites for hydroxylation is 1. The predicted molar refractivity (Wildman–Crippen MR) is 144 cm³/mol. The molecule has 4 rings (SSSR count). The first-order valence-corrected chi connectivity index (χ1v) is 15.0. The van der Waals surface area contributed by atoms with Crippen LogP contribution < -0.4 is 0 Å². The minimum atomic E-state index is -4.70. The topological polar surface area (TPSA) is 66.9 Å². The highest BCUT2D eigenvalue weighted by atomic mass is 32.2. The van der Waals surface area contributed by atoms with Crippen LogP contribution in [0.1, 0.15) is 46.5 Å². The van der Waals surface area contributed by atoms with E-state index in [1.165, 1.54) is 4.88 Å². The first kappa shape index (κ1) is 29.3. The van der Waals surface area contributed by atoms with Crippen molar-refractivity contribution in [3.63, 3.8) is 0 Å². The van der Waals surface area contributed by atoms with Crippen molar-refractivity contribution >= 4 is 27.3 Å². The average molecular weight is 581 g/mol. The number of carbonyl (C=O) groups is 1. The molecule has 1 atom stereocenters. The van der Waals surface area contributed by atoms with E-state index < -0.39 is 39.1 Å². The number of thiophene rings is 1. The maximum absolute atomic E-state index is 13.8. The fourth-order valence-corrected chi connectivity index (χ4v) is 7.07. The maximum Gasteiger partial charge on any atom is 0.416 e. The van der Waals surface area contributed by atoms with Crippen LogP contribution in [0, 0.1) is 6.92 Å². The summed E-state index contributed by atoms with van der Waals surface area (Å²) in [6, 6.07) is 13.1. The van der Waals surface area contributed by atoms with Gasteiger partial charge in [-0.2, -0.15) is 17.5 Å². The van der Waals surface area contributed by atoms with Crippen molar-refractivity contribution in [2.75, 3.05) is 32.8 Å². The summed E-state index contributed by atoms with van der Waals surface area (Å²) in [5, 5.41) is 1.98. The Morgan fingerprint density at radius 2 is 1.90 bits per heavy atom. The smallest absolute Gasteiger partial charge is 0.382 e. The molecule has 11 heteroatoms. The van der Waals surface area contributed by atoms with E-state index in [9.17, 15) is 26.4 Å². The minimum Gasteiger partial charge on any atom is -0.382 e. The zero-order chi connectivity index (χ0) is 28.2. The Balaban J connectivity index is 1.65. The summed E-state index contributed by atoms with van der Waals surface area (Å²) in [6.07, 6.45) is -3.77. The van der Waals surface area contributed by atoms with Crippen LogP contribution in [0.5, 0.6) is 0 Å². The molecule has 1 amide bonds. The van der Waals surface area contributed by atoms with Gasteiger partial charge in [0, 0.05) is 31.2 Å². The van der Waals surface area contributed by atoms with Gasteiger partial charge in [-0.1, -0.05) is 35.9 Å². The molecule has 2 aromatic carbocycles. The molecule has 210 valence electrons. The van der Waals surface area contributed by atoms with Crippen molar-refractivity contribution in [3.05, 3.63) is 87.1 Å². The summed E-state index contributed by atoms with van der Waals surface area (Å²) < 4.78 is 73.5. The molecule has 0 N–H and O–H groups in total. The average Bonchev–Trinajstić information content (AvgIpc) is 3.39. The van der Waals surface area contributed by atoms with Crippen LogP contribution in [0.2, 0.25) is 0 Å². The number of ether oxygens (including phenoxy) is 1. The quantitative estimate of drug-likeness (QED) is 0.290. The molecule has 0 bridgehead atoms. The number of carbonyl (C=O) groups excluding carboxylic acids is 1. The van der Waals surface area contributed by atoms with Gasteiger partial charge in [0.05, 0.1) is 23.0 Å². The molecule has 2 heterocycles. The van der Waals surface area contributed by atoms with E-state index in [-0.39, 0.29) is 25.6 Å². The van der Waals surface area contributed by atoms with Gasteiger partial charge in [-0.25, -0.2) is 8.42 Å². The second kappa shape index (κ2) is 12.2. The zero-order valence-electron chi connectivity index (χ0n) is 21.8. The molecule has 1 unspecified atom stereocenters. The maximum atomic E-state index is 13.8. The Morgan fingerprint density at radius 1 is 1.15 bits per heavy atom. The number of alkyl halides is 3. The number of fused-ring (bicyclic) bond motifs is 1. The summed E-state index contributed by atoms with van der Waals surface area (Å²) in [7, 11) is -4.41. The zero-order valence-corrected chi connectivity index (χ0v) is 23.4. The van der Waals surface area contributed by atoms with Gasteiger partial charge in [0.15, 0.2) is 0 Å². The third-order valence-electron chi connectivity index (χ3n) is 6.69. The highest BCUT2D eigenvalue weighted by molar-refractivity contribution is 7.89. The highest BCUT2D eigenvalue weighted by Gasteiger charge is 2.37. The lowest BCUT2D eigenvalue weighted by Crippen LogP contribution is -2.47. The highest BCUT2D eigenvalue weighted by Crippen LogP contribution is 2.38. The molecule has 0 spiro atoms. The van der Waals surface area contributed by atoms with Gasteiger partial charge in [-0.15, -0.1) is 11.3 Å². The molecular weight excluding hydrogens is 549 g/mol. The fourth-order valence-electron chi connectivity index (χ4n) is 4.69. The molecule has 3 aromatic rings. The lowest BCUT2D eigenvalue weighted by molar-refractivity contribution is -0.137. The molecule has 0 aliphatic carbocycles. The monoisotopic (exact) mass is 580 g/mol. The van der Waals surface area contributed by atoms with Crippen LogP contribution in [-0.2, 0) is 32.2 Å². The van der Waals surface area contributed by atoms with E-state index in [0.29, 0.717) is 25.6 Å². The van der Waals surface area contributed by atoms with Crippen molar-refractivity contribution in [1.82, 2.24) is 9.21 Å². The van der Waals surface area contributed by atoms with E-state index in [0.717, 1.165) is 39.2 Å². The normalized spacial score (nSPS) is 15.9. The largest absolute Gasteiger partial charge is 0.416 e. The first-order chi connectivity index (χ1) is 18.5. The third-order valence-corrected chi connectivity index (χ3v) is 9.53. The van der Waals surface area contributed by atoms with Crippen LogP contribution in [0.15, 0.2) is 64.9 Å². The van der Waals surface area contributed by atoms with Gasteiger partial charge >= 0.3 is 6.18 Å². The Hall–Kier alpha value is -2.73. The van der Waals surface area contributed by atoms with E-state index in [4.69, 9.17) is 4.74 Å². The van der Waals surface area contributed by atoms with E-state index in [1.807, 2.05) is 42.6 Å². The lowest BCUT2D eigenvalue weighted by atomic mass is 9.92. The first-order valence-electron chi connectivity index (χ1n) is 12.7. The van der Waals surface area contributed by atoms with Gasteiger partial charge in [0.2, 0.25) is 15.9 Å². The molecule has 0 radical (unpaired) electrons. The fraction of sp³-hybridized carbons (Fsp3) is 0.393. The Labute approximate surface area is 231 Å². The SMILES string of the molecule is CCOCCCN(CC(=O)N1CCc2sccc2C1c1ccc(C)cc1)S(=O)(=O)c1cccc(C(F)(F)F)c1. The molecule has 1 aliphatic heterocycles. The minimum absolute atomic E-state index is 0.0724. The number of rotatable bonds is 10.